The van der Waals surface area contributed by atoms with Gasteiger partial charge in [-0.25, -0.2) is 4.57 Å². The van der Waals surface area contributed by atoms with Gasteiger partial charge >= 0.3 is 0 Å². The molecule has 3 heteroatoms. The van der Waals surface area contributed by atoms with Crippen LogP contribution >= 0.6 is 0 Å². The first-order valence-corrected chi connectivity index (χ1v) is 17.3. The van der Waals surface area contributed by atoms with E-state index in [-0.39, 0.29) is 10.8 Å². The Morgan fingerprint density at radius 1 is 0.838 bits per heavy atom. The van der Waals surface area contributed by atoms with Crippen molar-refractivity contribution >= 4 is 34.8 Å². The Kier molecular flexibility index (Phi) is 5.92. The molecule has 37 heavy (non-hydrogen) atoms. The van der Waals surface area contributed by atoms with E-state index in [2.05, 4.69) is 122 Å². The molecule has 0 amide bonds. The fourth-order valence-electron chi connectivity index (χ4n) is 5.96. The number of ether oxygens (including phenoxy) is 1. The molecular weight excluding hydrogens is 466 g/mol. The second-order valence-electron chi connectivity index (χ2n) is 14.7. The maximum atomic E-state index is 7.03. The summed E-state index contributed by atoms with van der Waals surface area (Å²) in [6, 6.07) is 14.2. The molecule has 1 aromatic heterocycles. The molecule has 0 spiro atoms. The van der Waals surface area contributed by atoms with Gasteiger partial charge in [-0.1, -0.05) is 90.6 Å². The third-order valence-corrected chi connectivity index (χ3v) is 9.67. The van der Waals surface area contributed by atoms with Gasteiger partial charge in [-0.05, 0) is 63.9 Å². The molecule has 0 radical (unpaired) electrons. The van der Waals surface area contributed by atoms with Crippen LogP contribution in [-0.2, 0) is 19.9 Å². The van der Waals surface area contributed by atoms with Crippen molar-refractivity contribution in [1.29, 1.82) is 0 Å². The van der Waals surface area contributed by atoms with Crippen molar-refractivity contribution in [3.63, 3.8) is 0 Å². The molecule has 0 aliphatic carbocycles. The van der Waals surface area contributed by atoms with Gasteiger partial charge in [-0.15, -0.1) is 0 Å². The topological polar surface area (TPSA) is 13.1 Å². The van der Waals surface area contributed by atoms with Crippen LogP contribution in [0, 0.1) is 17.8 Å². The van der Waals surface area contributed by atoms with Crippen LogP contribution in [0.25, 0.3) is 32.8 Å². The van der Waals surface area contributed by atoms with Gasteiger partial charge in [0.2, 0.25) is 5.69 Å². The standard InChI is InChI=1S/C34H44NOSi/c1-21-26-16-22(19-33(2,3)4)12-13-25(26)27(20-34(5,6)7)32-29(21)31-30-23(14-15-35(31)8)17-24(37(9,10)11)18-28(30)36-32/h12-18H,19-20H2,1-11H3/q+1. The molecule has 5 rings (SSSR count). The lowest BCUT2D eigenvalue weighted by molar-refractivity contribution is -0.659. The number of nitrogens with zero attached hydrogens (tertiary/aromatic N) is 1. The molecule has 1 aliphatic rings. The van der Waals surface area contributed by atoms with Gasteiger partial charge < -0.3 is 4.74 Å². The van der Waals surface area contributed by atoms with E-state index in [4.69, 9.17) is 4.74 Å². The normalized spacial score (nSPS) is 13.7. The van der Waals surface area contributed by atoms with Crippen molar-refractivity contribution in [3.8, 4) is 22.8 Å². The minimum atomic E-state index is -1.52. The van der Waals surface area contributed by atoms with Crippen LogP contribution < -0.4 is 14.5 Å². The fraction of sp³-hybridized carbons (Fsp3) is 0.441. The van der Waals surface area contributed by atoms with Gasteiger partial charge in [0.05, 0.1) is 19.0 Å². The Hall–Kier alpha value is -2.65. The molecule has 0 saturated heterocycles. The molecule has 0 unspecified atom stereocenters. The van der Waals surface area contributed by atoms with Crippen molar-refractivity contribution in [1.82, 2.24) is 0 Å². The Balaban J connectivity index is 1.90. The average molecular weight is 511 g/mol. The average Bonchev–Trinajstić information content (AvgIpc) is 2.75. The van der Waals surface area contributed by atoms with Gasteiger partial charge in [0.1, 0.15) is 18.5 Å². The summed E-state index contributed by atoms with van der Waals surface area (Å²) in [6.45, 7) is 23.5. The molecule has 1 aliphatic heterocycles. The summed E-state index contributed by atoms with van der Waals surface area (Å²) in [4.78, 5) is 0. The van der Waals surface area contributed by atoms with E-state index in [0.29, 0.717) is 0 Å². The number of aromatic nitrogens is 1. The van der Waals surface area contributed by atoms with E-state index in [9.17, 15) is 0 Å². The van der Waals surface area contributed by atoms with Gasteiger partial charge in [0.15, 0.2) is 6.20 Å². The third-order valence-electron chi connectivity index (χ3n) is 7.65. The first kappa shape index (κ1) is 26.0. The highest BCUT2D eigenvalue weighted by atomic mass is 28.3. The summed E-state index contributed by atoms with van der Waals surface area (Å²) in [5, 5.41) is 6.67. The maximum absolute atomic E-state index is 7.03. The zero-order chi connectivity index (χ0) is 27.1. The molecule has 4 aromatic rings. The zero-order valence-corrected chi connectivity index (χ0v) is 25.8. The summed E-state index contributed by atoms with van der Waals surface area (Å²) in [5.74, 6) is 2.08. The van der Waals surface area contributed by atoms with Crippen molar-refractivity contribution in [3.05, 3.63) is 59.3 Å². The lowest BCUT2D eigenvalue weighted by atomic mass is 9.80. The third kappa shape index (κ3) is 4.72. The molecular formula is C34H44NOSi+. The van der Waals surface area contributed by atoms with Gasteiger partial charge in [0, 0.05) is 11.6 Å². The molecule has 2 heterocycles. The monoisotopic (exact) mass is 510 g/mol. The number of benzene rings is 3. The predicted octanol–water partition coefficient (Wildman–Crippen LogP) is 8.62. The van der Waals surface area contributed by atoms with Crippen LogP contribution in [0.4, 0.5) is 0 Å². The van der Waals surface area contributed by atoms with Crippen molar-refractivity contribution < 1.29 is 9.30 Å². The van der Waals surface area contributed by atoms with E-state index >= 15 is 0 Å². The fourth-order valence-corrected chi connectivity index (χ4v) is 7.11. The lowest BCUT2D eigenvalue weighted by Gasteiger charge is -2.29. The summed E-state index contributed by atoms with van der Waals surface area (Å²) in [5.41, 5.74) is 7.00. The highest BCUT2D eigenvalue weighted by Crippen LogP contribution is 2.51. The molecule has 0 atom stereocenters. The summed E-state index contributed by atoms with van der Waals surface area (Å²) >= 11 is 0. The minimum Gasteiger partial charge on any atom is -0.455 e. The smallest absolute Gasteiger partial charge is 0.228 e. The molecule has 0 fully saturated rings. The Bertz CT molecular complexity index is 1560. The van der Waals surface area contributed by atoms with E-state index in [0.717, 1.165) is 24.3 Å². The van der Waals surface area contributed by atoms with Crippen LogP contribution in [0.1, 0.15) is 58.2 Å². The van der Waals surface area contributed by atoms with Crippen LogP contribution in [-0.4, -0.2) is 8.07 Å². The van der Waals surface area contributed by atoms with E-state index < -0.39 is 8.07 Å². The maximum Gasteiger partial charge on any atom is 0.228 e. The first-order chi connectivity index (χ1) is 17.0. The van der Waals surface area contributed by atoms with E-state index in [1.807, 2.05) is 0 Å². The van der Waals surface area contributed by atoms with Crippen molar-refractivity contribution in [2.75, 3.05) is 0 Å². The SMILES string of the molecule is Cc1c2c(c(CC(C)(C)C)c3ccc(CC(C)(C)C)cc13)Oc1cc([Si](C)(C)C)cc3cc[n+](C)c-2c13. The summed E-state index contributed by atoms with van der Waals surface area (Å²) < 4.78 is 9.33. The van der Waals surface area contributed by atoms with Gasteiger partial charge in [-0.3, -0.25) is 0 Å². The quantitative estimate of drug-likeness (QED) is 0.175. The van der Waals surface area contributed by atoms with Gasteiger partial charge in [-0.2, -0.15) is 0 Å². The second kappa shape index (κ2) is 8.43. The van der Waals surface area contributed by atoms with E-state index in [1.54, 1.807) is 0 Å². The molecule has 0 saturated carbocycles. The highest BCUT2D eigenvalue weighted by Gasteiger charge is 2.35. The van der Waals surface area contributed by atoms with Crippen LogP contribution in [0.5, 0.6) is 11.5 Å². The Morgan fingerprint density at radius 2 is 1.51 bits per heavy atom. The highest BCUT2D eigenvalue weighted by molar-refractivity contribution is 6.88. The number of hydrogen-bond donors (Lipinski definition) is 0. The van der Waals surface area contributed by atoms with Crippen molar-refractivity contribution in [2.45, 2.75) is 80.9 Å². The van der Waals surface area contributed by atoms with Crippen molar-refractivity contribution in [2.24, 2.45) is 17.9 Å². The first-order valence-electron chi connectivity index (χ1n) is 13.8. The molecule has 0 N–H and O–H groups in total. The summed E-state index contributed by atoms with van der Waals surface area (Å²) in [6.07, 6.45) is 4.26. The number of fused-ring (bicyclic) bond motifs is 3. The predicted molar refractivity (Wildman–Crippen MR) is 162 cm³/mol. The molecule has 0 bridgehead atoms. The second-order valence-corrected chi connectivity index (χ2v) is 19.8. The van der Waals surface area contributed by atoms with E-state index in [1.165, 1.54) is 54.7 Å². The van der Waals surface area contributed by atoms with Crippen LogP contribution in [0.2, 0.25) is 19.6 Å². The molecule has 194 valence electrons. The molecule has 3 aromatic carbocycles. The van der Waals surface area contributed by atoms with Crippen LogP contribution in [0.3, 0.4) is 0 Å². The molecule has 2 nitrogen and oxygen atoms in total. The lowest BCUT2D eigenvalue weighted by Crippen LogP contribution is -2.38. The number of rotatable bonds is 3. The summed E-state index contributed by atoms with van der Waals surface area (Å²) in [7, 11) is 0.668. The Labute approximate surface area is 224 Å². The van der Waals surface area contributed by atoms with Gasteiger partial charge in [0.25, 0.3) is 0 Å². The Morgan fingerprint density at radius 3 is 2.14 bits per heavy atom. The largest absolute Gasteiger partial charge is 0.455 e. The number of aryl methyl sites for hydroxylation is 2. The minimum absolute atomic E-state index is 0.137. The van der Waals surface area contributed by atoms with Crippen LogP contribution in [0.15, 0.2) is 42.6 Å². The zero-order valence-electron chi connectivity index (χ0n) is 24.8. The number of hydrogen-bond acceptors (Lipinski definition) is 1. The number of pyridine rings is 1.